The van der Waals surface area contributed by atoms with E-state index in [0.29, 0.717) is 16.9 Å². The zero-order valence-electron chi connectivity index (χ0n) is 16.5. The number of amides is 1. The summed E-state index contributed by atoms with van der Waals surface area (Å²) >= 11 is 0. The molecule has 0 aliphatic heterocycles. The number of nitrogens with one attached hydrogen (secondary N) is 3. The normalized spacial score (nSPS) is 11.0. The molecule has 0 saturated carbocycles. The minimum atomic E-state index is -0.328. The van der Waals surface area contributed by atoms with Crippen molar-refractivity contribution in [1.29, 1.82) is 5.41 Å². The molecule has 0 fully saturated rings. The first kappa shape index (κ1) is 19.8. The summed E-state index contributed by atoms with van der Waals surface area (Å²) in [5.41, 5.74) is 3.23. The van der Waals surface area contributed by atoms with Crippen LogP contribution >= 0.6 is 0 Å². The highest BCUT2D eigenvalue weighted by Crippen LogP contribution is 2.27. The van der Waals surface area contributed by atoms with Crippen molar-refractivity contribution in [2.75, 3.05) is 10.6 Å². The van der Waals surface area contributed by atoms with E-state index in [1.165, 1.54) is 18.4 Å². The Kier molecular flexibility index (Phi) is 5.40. The number of allylic oxidation sites excluding steroid dienone is 1. The average Bonchev–Trinajstić information content (AvgIpc) is 2.79. The standard InChI is InChI=1S/C24H19N5O2/c1-2-22(30)28-18-5-3-6-19(13-18)29-23(31)10-7-16-15-27-21-9-8-17(26-12-4-11-25)14-20(21)24(16)29/h2-15,25-26H,1H2,(H,28,30)/b12-4-,25-11?. The van der Waals surface area contributed by atoms with E-state index in [0.717, 1.165) is 22.0 Å². The summed E-state index contributed by atoms with van der Waals surface area (Å²) in [7, 11) is 0. The van der Waals surface area contributed by atoms with Crippen molar-refractivity contribution in [1.82, 2.24) is 9.55 Å². The van der Waals surface area contributed by atoms with Crippen LogP contribution in [0.4, 0.5) is 11.4 Å². The van der Waals surface area contributed by atoms with Gasteiger partial charge in [0.25, 0.3) is 5.56 Å². The molecule has 2 aromatic heterocycles. The van der Waals surface area contributed by atoms with Gasteiger partial charge < -0.3 is 16.0 Å². The Morgan fingerprint density at radius 3 is 2.77 bits per heavy atom. The van der Waals surface area contributed by atoms with Crippen molar-refractivity contribution >= 4 is 45.3 Å². The number of hydrogen-bond acceptors (Lipinski definition) is 5. The topological polar surface area (TPSA) is 99.9 Å². The SMILES string of the molecule is C=CC(=O)Nc1cccc(-n2c(=O)ccc3cnc4ccc(N/C=C\C=N)cc4c32)c1. The zero-order valence-corrected chi connectivity index (χ0v) is 16.5. The lowest BCUT2D eigenvalue weighted by Crippen LogP contribution is -2.18. The number of nitrogens with zero attached hydrogens (tertiary/aromatic N) is 2. The van der Waals surface area contributed by atoms with Crippen molar-refractivity contribution in [3.8, 4) is 5.69 Å². The van der Waals surface area contributed by atoms with Gasteiger partial charge in [-0.3, -0.25) is 19.1 Å². The second-order valence-electron chi connectivity index (χ2n) is 6.71. The second-order valence-corrected chi connectivity index (χ2v) is 6.71. The Labute approximate surface area is 177 Å². The summed E-state index contributed by atoms with van der Waals surface area (Å²) in [5.74, 6) is -0.328. The Bertz CT molecular complexity index is 1420. The number of aromatic nitrogens is 2. The average molecular weight is 409 g/mol. The maximum atomic E-state index is 13.0. The summed E-state index contributed by atoms with van der Waals surface area (Å²) < 4.78 is 1.61. The fourth-order valence-corrected chi connectivity index (χ4v) is 3.37. The molecule has 1 amide bonds. The molecule has 3 N–H and O–H groups in total. The molecule has 2 aromatic carbocycles. The first-order chi connectivity index (χ1) is 15.1. The van der Waals surface area contributed by atoms with Gasteiger partial charge >= 0.3 is 0 Å². The molecule has 2 heterocycles. The summed E-state index contributed by atoms with van der Waals surface area (Å²) in [6, 6.07) is 16.0. The van der Waals surface area contributed by atoms with Crippen molar-refractivity contribution in [2.24, 2.45) is 0 Å². The lowest BCUT2D eigenvalue weighted by Gasteiger charge is -2.14. The quantitative estimate of drug-likeness (QED) is 0.252. The molecule has 152 valence electrons. The molecule has 0 spiro atoms. The highest BCUT2D eigenvalue weighted by molar-refractivity contribution is 6.05. The van der Waals surface area contributed by atoms with Crippen LogP contribution in [0.2, 0.25) is 0 Å². The molecule has 0 aliphatic carbocycles. The van der Waals surface area contributed by atoms with Crippen LogP contribution in [-0.2, 0) is 4.79 Å². The number of benzene rings is 2. The van der Waals surface area contributed by atoms with Crippen molar-refractivity contribution in [3.63, 3.8) is 0 Å². The van der Waals surface area contributed by atoms with Crippen LogP contribution in [0.1, 0.15) is 0 Å². The van der Waals surface area contributed by atoms with Gasteiger partial charge in [-0.2, -0.15) is 0 Å². The third-order valence-corrected chi connectivity index (χ3v) is 4.72. The van der Waals surface area contributed by atoms with E-state index >= 15 is 0 Å². The molecule has 0 atom stereocenters. The zero-order chi connectivity index (χ0) is 21.8. The lowest BCUT2D eigenvalue weighted by atomic mass is 10.1. The first-order valence-corrected chi connectivity index (χ1v) is 9.51. The van der Waals surface area contributed by atoms with Gasteiger partial charge in [-0.1, -0.05) is 12.6 Å². The van der Waals surface area contributed by atoms with Crippen LogP contribution in [0.3, 0.4) is 0 Å². The van der Waals surface area contributed by atoms with Crippen LogP contribution < -0.4 is 16.2 Å². The molecule has 0 aliphatic rings. The summed E-state index contributed by atoms with van der Waals surface area (Å²) in [5, 5.41) is 14.5. The van der Waals surface area contributed by atoms with Gasteiger partial charge in [-0.05, 0) is 54.6 Å². The van der Waals surface area contributed by atoms with E-state index in [-0.39, 0.29) is 11.5 Å². The van der Waals surface area contributed by atoms with Crippen LogP contribution in [0.25, 0.3) is 27.5 Å². The predicted octanol–water partition coefficient (Wildman–Crippen LogP) is 4.24. The van der Waals surface area contributed by atoms with E-state index in [2.05, 4.69) is 22.2 Å². The van der Waals surface area contributed by atoms with Gasteiger partial charge in [0, 0.05) is 46.8 Å². The Hall–Kier alpha value is -4.52. The molecule has 0 unspecified atom stereocenters. The van der Waals surface area contributed by atoms with Crippen LogP contribution in [-0.4, -0.2) is 21.7 Å². The summed E-state index contributed by atoms with van der Waals surface area (Å²) in [6.07, 6.45) is 7.34. The molecular weight excluding hydrogens is 390 g/mol. The molecule has 4 aromatic rings. The van der Waals surface area contributed by atoms with Crippen molar-refractivity contribution in [2.45, 2.75) is 0 Å². The Morgan fingerprint density at radius 1 is 1.10 bits per heavy atom. The summed E-state index contributed by atoms with van der Waals surface area (Å²) in [4.78, 5) is 29.2. The number of carbonyl (C=O) groups is 1. The van der Waals surface area contributed by atoms with Crippen LogP contribution in [0.5, 0.6) is 0 Å². The van der Waals surface area contributed by atoms with E-state index in [4.69, 9.17) is 5.41 Å². The largest absolute Gasteiger partial charge is 0.362 e. The molecular formula is C24H19N5O2. The van der Waals surface area contributed by atoms with Gasteiger partial charge in [0.05, 0.1) is 16.7 Å². The maximum absolute atomic E-state index is 13.0. The van der Waals surface area contributed by atoms with Gasteiger partial charge in [-0.15, -0.1) is 0 Å². The number of rotatable bonds is 6. The van der Waals surface area contributed by atoms with Crippen LogP contribution in [0.15, 0.2) is 90.5 Å². The third kappa shape index (κ3) is 3.97. The molecule has 7 heteroatoms. The maximum Gasteiger partial charge on any atom is 0.255 e. The number of anilines is 2. The molecule has 4 rings (SSSR count). The Morgan fingerprint density at radius 2 is 1.97 bits per heavy atom. The minimum absolute atomic E-state index is 0.200. The number of carbonyl (C=O) groups excluding carboxylic acids is 1. The van der Waals surface area contributed by atoms with E-state index in [1.807, 2.05) is 24.3 Å². The molecule has 0 radical (unpaired) electrons. The van der Waals surface area contributed by atoms with E-state index in [1.54, 1.807) is 47.3 Å². The fourth-order valence-electron chi connectivity index (χ4n) is 3.37. The number of hydrogen-bond donors (Lipinski definition) is 3. The fraction of sp³-hybridized carbons (Fsp3) is 0. The monoisotopic (exact) mass is 409 g/mol. The summed E-state index contributed by atoms with van der Waals surface area (Å²) in [6.45, 7) is 3.46. The van der Waals surface area contributed by atoms with Gasteiger partial charge in [0.2, 0.25) is 5.91 Å². The van der Waals surface area contributed by atoms with E-state index < -0.39 is 0 Å². The number of pyridine rings is 2. The Balaban J connectivity index is 1.96. The third-order valence-electron chi connectivity index (χ3n) is 4.72. The minimum Gasteiger partial charge on any atom is -0.362 e. The van der Waals surface area contributed by atoms with E-state index in [9.17, 15) is 9.59 Å². The molecule has 31 heavy (non-hydrogen) atoms. The predicted molar refractivity (Wildman–Crippen MR) is 125 cm³/mol. The smallest absolute Gasteiger partial charge is 0.255 e. The highest BCUT2D eigenvalue weighted by atomic mass is 16.1. The first-order valence-electron chi connectivity index (χ1n) is 9.51. The van der Waals surface area contributed by atoms with Crippen molar-refractivity contribution in [3.05, 3.63) is 96.1 Å². The number of fused-ring (bicyclic) bond motifs is 3. The highest BCUT2D eigenvalue weighted by Gasteiger charge is 2.11. The van der Waals surface area contributed by atoms with Gasteiger partial charge in [0.15, 0.2) is 0 Å². The second kappa shape index (κ2) is 8.46. The van der Waals surface area contributed by atoms with Gasteiger partial charge in [-0.25, -0.2) is 0 Å². The molecule has 7 nitrogen and oxygen atoms in total. The molecule has 0 bridgehead atoms. The van der Waals surface area contributed by atoms with Gasteiger partial charge in [0.1, 0.15) is 0 Å². The molecule has 0 saturated heterocycles. The lowest BCUT2D eigenvalue weighted by molar-refractivity contribution is -0.111. The van der Waals surface area contributed by atoms with Crippen molar-refractivity contribution < 1.29 is 4.79 Å². The van der Waals surface area contributed by atoms with Crippen LogP contribution in [0, 0.1) is 5.41 Å².